The Hall–Kier alpha value is -2.91. The maximum Gasteiger partial charge on any atom is 0.263 e. The number of ether oxygens (including phenoxy) is 1. The molecule has 0 unspecified atom stereocenters. The third-order valence-corrected chi connectivity index (χ3v) is 6.10. The van der Waals surface area contributed by atoms with E-state index in [-0.39, 0.29) is 22.4 Å². The van der Waals surface area contributed by atoms with E-state index in [0.717, 1.165) is 0 Å². The Morgan fingerprint density at radius 3 is 2.50 bits per heavy atom. The van der Waals surface area contributed by atoms with E-state index in [1.165, 1.54) is 23.5 Å². The van der Waals surface area contributed by atoms with E-state index in [1.54, 1.807) is 55.0 Å². The van der Waals surface area contributed by atoms with Crippen LogP contribution in [0.4, 0.5) is 10.8 Å². The molecule has 9 heteroatoms. The van der Waals surface area contributed by atoms with Gasteiger partial charge in [-0.2, -0.15) is 0 Å². The molecular weight excluding hydrogens is 398 g/mol. The number of anilines is 2. The summed E-state index contributed by atoms with van der Waals surface area (Å²) in [4.78, 5) is 16.5. The maximum atomic E-state index is 12.3. The van der Waals surface area contributed by atoms with Crippen molar-refractivity contribution in [1.82, 2.24) is 4.98 Å². The molecule has 3 rings (SSSR count). The maximum absolute atomic E-state index is 12.3. The van der Waals surface area contributed by atoms with Crippen LogP contribution in [-0.2, 0) is 21.2 Å². The molecule has 0 aliphatic rings. The number of sulfonamides is 1. The SMILES string of the molecule is COc1ccc(NC(=O)CCc2csc(NS(=O)(=O)c3ccccc3)n2)cc1. The molecule has 0 aliphatic heterocycles. The fourth-order valence-corrected chi connectivity index (χ4v) is 4.40. The molecule has 0 radical (unpaired) electrons. The molecule has 0 saturated carbocycles. The van der Waals surface area contributed by atoms with Crippen molar-refractivity contribution in [3.63, 3.8) is 0 Å². The number of hydrogen-bond donors (Lipinski definition) is 2. The normalized spacial score (nSPS) is 11.0. The number of nitrogens with one attached hydrogen (secondary N) is 2. The second-order valence-electron chi connectivity index (χ2n) is 5.84. The van der Waals surface area contributed by atoms with Gasteiger partial charge in [0.2, 0.25) is 5.91 Å². The quantitative estimate of drug-likeness (QED) is 0.584. The van der Waals surface area contributed by atoms with Crippen LogP contribution in [0.1, 0.15) is 12.1 Å². The summed E-state index contributed by atoms with van der Waals surface area (Å²) >= 11 is 1.18. The fourth-order valence-electron chi connectivity index (χ4n) is 2.38. The number of benzene rings is 2. The molecule has 146 valence electrons. The summed E-state index contributed by atoms with van der Waals surface area (Å²) in [7, 11) is -2.09. The third-order valence-electron chi connectivity index (χ3n) is 3.81. The predicted octanol–water partition coefficient (Wildman–Crippen LogP) is 3.52. The van der Waals surface area contributed by atoms with Gasteiger partial charge in [0, 0.05) is 17.5 Å². The van der Waals surface area contributed by atoms with Crippen molar-refractivity contribution in [3.05, 3.63) is 65.7 Å². The highest BCUT2D eigenvalue weighted by molar-refractivity contribution is 7.93. The first-order valence-corrected chi connectivity index (χ1v) is 10.8. The zero-order chi connectivity index (χ0) is 20.0. The molecule has 7 nitrogen and oxygen atoms in total. The highest BCUT2D eigenvalue weighted by atomic mass is 32.2. The van der Waals surface area contributed by atoms with Crippen LogP contribution in [0.15, 0.2) is 64.9 Å². The smallest absolute Gasteiger partial charge is 0.263 e. The molecule has 1 aromatic heterocycles. The van der Waals surface area contributed by atoms with Gasteiger partial charge in [0.1, 0.15) is 5.75 Å². The van der Waals surface area contributed by atoms with Crippen molar-refractivity contribution in [3.8, 4) is 5.75 Å². The molecule has 0 aliphatic carbocycles. The molecule has 0 spiro atoms. The highest BCUT2D eigenvalue weighted by Crippen LogP contribution is 2.21. The minimum absolute atomic E-state index is 0.149. The Morgan fingerprint density at radius 2 is 1.82 bits per heavy atom. The first-order valence-electron chi connectivity index (χ1n) is 8.42. The summed E-state index contributed by atoms with van der Waals surface area (Å²) in [5, 5.41) is 4.81. The molecule has 1 amide bonds. The largest absolute Gasteiger partial charge is 0.497 e. The van der Waals surface area contributed by atoms with Crippen LogP contribution in [0.3, 0.4) is 0 Å². The van der Waals surface area contributed by atoms with Crippen LogP contribution in [0.5, 0.6) is 5.75 Å². The van der Waals surface area contributed by atoms with Gasteiger partial charge in [-0.3, -0.25) is 9.52 Å². The van der Waals surface area contributed by atoms with Crippen LogP contribution in [-0.4, -0.2) is 26.4 Å². The third kappa shape index (κ3) is 5.30. The predicted molar refractivity (Wildman–Crippen MR) is 109 cm³/mol. The standard InChI is InChI=1S/C19H19N3O4S2/c1-26-16-10-7-14(8-11-16)20-18(23)12-9-15-13-27-19(21-15)22-28(24,25)17-5-3-2-4-6-17/h2-8,10-11,13H,9,12H2,1H3,(H,20,23)(H,21,22). The highest BCUT2D eigenvalue weighted by Gasteiger charge is 2.16. The fraction of sp³-hybridized carbons (Fsp3) is 0.158. The van der Waals surface area contributed by atoms with E-state index in [9.17, 15) is 13.2 Å². The van der Waals surface area contributed by atoms with Gasteiger partial charge in [-0.05, 0) is 42.8 Å². The molecule has 0 atom stereocenters. The number of hydrogen-bond acceptors (Lipinski definition) is 6. The van der Waals surface area contributed by atoms with Gasteiger partial charge in [-0.25, -0.2) is 13.4 Å². The van der Waals surface area contributed by atoms with E-state index in [1.807, 2.05) is 0 Å². The Labute approximate surface area is 167 Å². The number of amides is 1. The van der Waals surface area contributed by atoms with Gasteiger partial charge in [0.05, 0.1) is 17.7 Å². The molecular formula is C19H19N3O4S2. The van der Waals surface area contributed by atoms with E-state index in [0.29, 0.717) is 23.6 Å². The van der Waals surface area contributed by atoms with Gasteiger partial charge in [0.15, 0.2) is 5.13 Å². The van der Waals surface area contributed by atoms with E-state index >= 15 is 0 Å². The first kappa shape index (κ1) is 19.8. The van der Waals surface area contributed by atoms with Gasteiger partial charge in [-0.15, -0.1) is 11.3 Å². The summed E-state index contributed by atoms with van der Waals surface area (Å²) in [6, 6.07) is 15.1. The van der Waals surface area contributed by atoms with E-state index in [2.05, 4.69) is 15.0 Å². The van der Waals surface area contributed by atoms with Gasteiger partial charge in [0.25, 0.3) is 10.0 Å². The average Bonchev–Trinajstić information content (AvgIpc) is 3.14. The monoisotopic (exact) mass is 417 g/mol. The molecule has 0 fully saturated rings. The van der Waals surface area contributed by atoms with Gasteiger partial charge in [-0.1, -0.05) is 18.2 Å². The van der Waals surface area contributed by atoms with Crippen LogP contribution in [0.25, 0.3) is 0 Å². The molecule has 0 saturated heterocycles. The van der Waals surface area contributed by atoms with Crippen molar-refractivity contribution >= 4 is 38.1 Å². The van der Waals surface area contributed by atoms with Crippen molar-refractivity contribution in [1.29, 1.82) is 0 Å². The molecule has 2 aromatic carbocycles. The number of rotatable bonds is 8. The number of aromatic nitrogens is 1. The molecule has 1 heterocycles. The molecule has 28 heavy (non-hydrogen) atoms. The molecule has 2 N–H and O–H groups in total. The van der Waals surface area contributed by atoms with Gasteiger partial charge >= 0.3 is 0 Å². The second kappa shape index (κ2) is 8.85. The summed E-state index contributed by atoms with van der Waals surface area (Å²) < 4.78 is 32.2. The zero-order valence-corrected chi connectivity index (χ0v) is 16.7. The lowest BCUT2D eigenvalue weighted by atomic mass is 10.2. The van der Waals surface area contributed by atoms with Crippen molar-refractivity contribution in [2.45, 2.75) is 17.7 Å². The molecule has 0 bridgehead atoms. The van der Waals surface area contributed by atoms with E-state index in [4.69, 9.17) is 4.74 Å². The number of nitrogens with zero attached hydrogens (tertiary/aromatic N) is 1. The Bertz CT molecular complexity index is 1030. The number of thiazole rings is 1. The Balaban J connectivity index is 1.53. The Morgan fingerprint density at radius 1 is 1.11 bits per heavy atom. The minimum atomic E-state index is -3.67. The summed E-state index contributed by atoms with van der Waals surface area (Å²) in [6.07, 6.45) is 0.645. The lowest BCUT2D eigenvalue weighted by Gasteiger charge is -2.06. The number of methoxy groups -OCH3 is 1. The van der Waals surface area contributed by atoms with Crippen molar-refractivity contribution < 1.29 is 17.9 Å². The second-order valence-corrected chi connectivity index (χ2v) is 8.38. The topological polar surface area (TPSA) is 97.4 Å². The van der Waals surface area contributed by atoms with E-state index < -0.39 is 10.0 Å². The summed E-state index contributed by atoms with van der Waals surface area (Å²) in [5.74, 6) is 0.565. The zero-order valence-electron chi connectivity index (χ0n) is 15.1. The van der Waals surface area contributed by atoms with Crippen LogP contribution in [0, 0.1) is 0 Å². The minimum Gasteiger partial charge on any atom is -0.497 e. The van der Waals surface area contributed by atoms with Crippen LogP contribution < -0.4 is 14.8 Å². The Kier molecular flexibility index (Phi) is 6.27. The number of carbonyl (C=O) groups excluding carboxylic acids is 1. The lowest BCUT2D eigenvalue weighted by Crippen LogP contribution is -2.13. The lowest BCUT2D eigenvalue weighted by molar-refractivity contribution is -0.116. The summed E-state index contributed by atoms with van der Waals surface area (Å²) in [5.41, 5.74) is 1.33. The van der Waals surface area contributed by atoms with Gasteiger partial charge < -0.3 is 10.1 Å². The first-order chi connectivity index (χ1) is 13.5. The summed E-state index contributed by atoms with van der Waals surface area (Å²) in [6.45, 7) is 0. The van der Waals surface area contributed by atoms with Crippen molar-refractivity contribution in [2.75, 3.05) is 17.1 Å². The molecule has 3 aromatic rings. The van der Waals surface area contributed by atoms with Crippen LogP contribution in [0.2, 0.25) is 0 Å². The number of aryl methyl sites for hydroxylation is 1. The number of carbonyl (C=O) groups is 1. The van der Waals surface area contributed by atoms with Crippen LogP contribution >= 0.6 is 11.3 Å². The average molecular weight is 418 g/mol. The van der Waals surface area contributed by atoms with Crippen molar-refractivity contribution in [2.24, 2.45) is 0 Å².